The smallest absolute Gasteiger partial charge is 0.253 e. The van der Waals surface area contributed by atoms with Crippen LogP contribution in [0.15, 0.2) is 47.4 Å². The van der Waals surface area contributed by atoms with Crippen molar-refractivity contribution in [1.29, 1.82) is 0 Å². The largest absolute Gasteiger partial charge is 0.326 e. The van der Waals surface area contributed by atoms with Gasteiger partial charge in [-0.15, -0.1) is 0 Å². The number of unbranched alkanes of at least 4 members (excludes halogenated alkanes) is 1. The van der Waals surface area contributed by atoms with E-state index in [1.54, 1.807) is 10.8 Å². The molecule has 0 radical (unpaired) electrons. The van der Waals surface area contributed by atoms with Crippen LogP contribution in [0.4, 0.5) is 5.69 Å². The first-order valence-electron chi connectivity index (χ1n) is 7.85. The van der Waals surface area contributed by atoms with Crippen molar-refractivity contribution < 1.29 is 4.79 Å². The van der Waals surface area contributed by atoms with Crippen LogP contribution in [0.25, 0.3) is 0 Å². The molecular weight excluding hydrogens is 290 g/mol. The molecule has 1 aromatic heterocycles. The van der Waals surface area contributed by atoms with Crippen LogP contribution in [0.3, 0.4) is 0 Å². The van der Waals surface area contributed by atoms with Gasteiger partial charge in [-0.2, -0.15) is 0 Å². The van der Waals surface area contributed by atoms with Crippen molar-refractivity contribution in [2.75, 3.05) is 5.32 Å². The number of carbonyl (C=O) groups is 1. The maximum Gasteiger partial charge on any atom is 0.253 e. The van der Waals surface area contributed by atoms with Gasteiger partial charge in [0.1, 0.15) is 0 Å². The summed E-state index contributed by atoms with van der Waals surface area (Å²) in [6.45, 7) is 2.94. The Hall–Kier alpha value is -2.40. The number of rotatable bonds is 7. The maximum atomic E-state index is 11.9. The van der Waals surface area contributed by atoms with E-state index in [4.69, 9.17) is 5.73 Å². The second-order valence-electron chi connectivity index (χ2n) is 5.60. The van der Waals surface area contributed by atoms with Gasteiger partial charge in [-0.1, -0.05) is 18.2 Å². The molecule has 0 aliphatic rings. The lowest BCUT2D eigenvalue weighted by molar-refractivity contribution is -0.116. The number of hydrogen-bond donors (Lipinski definition) is 2. The van der Waals surface area contributed by atoms with Gasteiger partial charge < -0.3 is 15.6 Å². The molecule has 1 amide bonds. The van der Waals surface area contributed by atoms with Crippen LogP contribution in [-0.2, 0) is 17.9 Å². The number of aromatic nitrogens is 1. The second kappa shape index (κ2) is 8.29. The molecule has 5 heteroatoms. The molecule has 0 fully saturated rings. The average molecular weight is 313 g/mol. The molecule has 0 saturated heterocycles. The van der Waals surface area contributed by atoms with Gasteiger partial charge in [0, 0.05) is 37.0 Å². The number of benzene rings is 1. The molecule has 0 spiro atoms. The predicted molar refractivity (Wildman–Crippen MR) is 92.3 cm³/mol. The molecule has 0 aliphatic heterocycles. The first kappa shape index (κ1) is 17.0. The summed E-state index contributed by atoms with van der Waals surface area (Å²) < 4.78 is 1.69. The minimum absolute atomic E-state index is 0.0120. The molecule has 0 saturated carbocycles. The summed E-state index contributed by atoms with van der Waals surface area (Å²) in [5, 5.41) is 2.86. The molecule has 3 N–H and O–H groups in total. The third-order valence-electron chi connectivity index (χ3n) is 3.74. The van der Waals surface area contributed by atoms with Gasteiger partial charge in [-0.3, -0.25) is 9.59 Å². The fourth-order valence-electron chi connectivity index (χ4n) is 2.35. The molecule has 1 heterocycles. The van der Waals surface area contributed by atoms with Crippen molar-refractivity contribution in [1.82, 2.24) is 4.57 Å². The second-order valence-corrected chi connectivity index (χ2v) is 5.60. The first-order chi connectivity index (χ1) is 11.1. The van der Waals surface area contributed by atoms with Gasteiger partial charge in [0.25, 0.3) is 5.56 Å². The Bertz CT molecular complexity index is 705. The molecule has 0 aliphatic carbocycles. The van der Waals surface area contributed by atoms with E-state index in [0.29, 0.717) is 19.5 Å². The van der Waals surface area contributed by atoms with Crippen molar-refractivity contribution in [3.63, 3.8) is 0 Å². The Kier molecular flexibility index (Phi) is 6.11. The van der Waals surface area contributed by atoms with Crippen LogP contribution in [0.2, 0.25) is 0 Å². The number of nitrogens with zero attached hydrogens (tertiary/aromatic N) is 1. The van der Waals surface area contributed by atoms with Gasteiger partial charge in [0.15, 0.2) is 0 Å². The lowest BCUT2D eigenvalue weighted by Crippen LogP contribution is -2.21. The van der Waals surface area contributed by atoms with E-state index in [-0.39, 0.29) is 11.5 Å². The Labute approximate surface area is 136 Å². The van der Waals surface area contributed by atoms with Crippen LogP contribution in [0.5, 0.6) is 0 Å². The summed E-state index contributed by atoms with van der Waals surface area (Å²) in [7, 11) is 0. The number of nitrogens with one attached hydrogen (secondary N) is 1. The van der Waals surface area contributed by atoms with Crippen molar-refractivity contribution >= 4 is 11.6 Å². The quantitative estimate of drug-likeness (QED) is 0.771. The number of hydrogen-bond acceptors (Lipinski definition) is 3. The lowest BCUT2D eigenvalue weighted by Gasteiger charge is -2.07. The number of aryl methyl sites for hydroxylation is 2. The van der Waals surface area contributed by atoms with Gasteiger partial charge in [-0.25, -0.2) is 0 Å². The number of amides is 1. The lowest BCUT2D eigenvalue weighted by atomic mass is 10.2. The van der Waals surface area contributed by atoms with E-state index >= 15 is 0 Å². The normalized spacial score (nSPS) is 10.5. The van der Waals surface area contributed by atoms with Crippen LogP contribution in [0, 0.1) is 6.92 Å². The summed E-state index contributed by atoms with van der Waals surface area (Å²) >= 11 is 0. The van der Waals surface area contributed by atoms with Gasteiger partial charge >= 0.3 is 0 Å². The van der Waals surface area contributed by atoms with Crippen molar-refractivity contribution in [3.05, 3.63) is 64.1 Å². The minimum atomic E-state index is -0.0120. The monoisotopic (exact) mass is 313 g/mol. The van der Waals surface area contributed by atoms with Crippen LogP contribution < -0.4 is 16.6 Å². The fourth-order valence-corrected chi connectivity index (χ4v) is 2.35. The summed E-state index contributed by atoms with van der Waals surface area (Å²) in [4.78, 5) is 23.8. The number of carbonyl (C=O) groups excluding carboxylic acids is 1. The fraction of sp³-hybridized carbons (Fsp3) is 0.333. The zero-order valence-corrected chi connectivity index (χ0v) is 13.4. The highest BCUT2D eigenvalue weighted by Gasteiger charge is 2.03. The first-order valence-corrected chi connectivity index (χ1v) is 7.85. The topological polar surface area (TPSA) is 77.1 Å². The van der Waals surface area contributed by atoms with E-state index in [0.717, 1.165) is 29.7 Å². The van der Waals surface area contributed by atoms with E-state index in [1.807, 2.05) is 43.3 Å². The molecule has 2 aromatic rings. The number of anilines is 1. The average Bonchev–Trinajstić information content (AvgIpc) is 2.56. The summed E-state index contributed by atoms with van der Waals surface area (Å²) in [5.41, 5.74) is 8.13. The zero-order valence-electron chi connectivity index (χ0n) is 13.4. The molecule has 5 nitrogen and oxygen atoms in total. The standard InChI is InChI=1S/C18H23N3O2/c1-14-5-4-12-21(18(14)23)11-3-2-6-17(22)20-16-9-7-15(13-19)8-10-16/h4-5,7-10,12H,2-3,6,11,13,19H2,1H3,(H,20,22). The number of nitrogens with two attached hydrogens (primary N) is 1. The van der Waals surface area contributed by atoms with E-state index in [2.05, 4.69) is 5.32 Å². The molecule has 0 bridgehead atoms. The van der Waals surface area contributed by atoms with E-state index in [1.165, 1.54) is 0 Å². The zero-order chi connectivity index (χ0) is 16.7. The van der Waals surface area contributed by atoms with Crippen molar-refractivity contribution in [2.24, 2.45) is 5.73 Å². The Morgan fingerprint density at radius 3 is 2.61 bits per heavy atom. The molecule has 1 aromatic carbocycles. The van der Waals surface area contributed by atoms with E-state index < -0.39 is 0 Å². The molecular formula is C18H23N3O2. The third-order valence-corrected chi connectivity index (χ3v) is 3.74. The SMILES string of the molecule is Cc1cccn(CCCCC(=O)Nc2ccc(CN)cc2)c1=O. The summed E-state index contributed by atoms with van der Waals surface area (Å²) in [5.74, 6) is -0.0120. The highest BCUT2D eigenvalue weighted by Crippen LogP contribution is 2.10. The third kappa shape index (κ3) is 5.07. The summed E-state index contributed by atoms with van der Waals surface area (Å²) in [6.07, 6.45) is 3.77. The number of pyridine rings is 1. The van der Waals surface area contributed by atoms with Gasteiger partial charge in [0.2, 0.25) is 5.91 Å². The Balaban J connectivity index is 1.74. The van der Waals surface area contributed by atoms with Crippen LogP contribution in [0.1, 0.15) is 30.4 Å². The summed E-state index contributed by atoms with van der Waals surface area (Å²) in [6, 6.07) is 11.2. The molecule has 122 valence electrons. The van der Waals surface area contributed by atoms with Crippen molar-refractivity contribution in [2.45, 2.75) is 39.3 Å². The van der Waals surface area contributed by atoms with Crippen LogP contribution in [-0.4, -0.2) is 10.5 Å². The van der Waals surface area contributed by atoms with Gasteiger partial charge in [-0.05, 0) is 43.5 Å². The predicted octanol–water partition coefficient (Wildman–Crippen LogP) is 2.42. The highest BCUT2D eigenvalue weighted by molar-refractivity contribution is 5.90. The van der Waals surface area contributed by atoms with Crippen molar-refractivity contribution in [3.8, 4) is 0 Å². The Morgan fingerprint density at radius 1 is 1.17 bits per heavy atom. The molecule has 2 rings (SSSR count). The molecule has 0 atom stereocenters. The van der Waals surface area contributed by atoms with Gasteiger partial charge in [0.05, 0.1) is 0 Å². The van der Waals surface area contributed by atoms with E-state index in [9.17, 15) is 9.59 Å². The van der Waals surface area contributed by atoms with Crippen LogP contribution >= 0.6 is 0 Å². The Morgan fingerprint density at radius 2 is 1.91 bits per heavy atom. The highest BCUT2D eigenvalue weighted by atomic mass is 16.1. The molecule has 0 unspecified atom stereocenters. The molecule has 23 heavy (non-hydrogen) atoms. The minimum Gasteiger partial charge on any atom is -0.326 e. The maximum absolute atomic E-state index is 11.9.